The molecule has 0 aliphatic heterocycles. The van der Waals surface area contributed by atoms with E-state index in [0.717, 1.165) is 18.5 Å². The minimum atomic E-state index is -4.30. The van der Waals surface area contributed by atoms with E-state index in [1.807, 2.05) is 0 Å². The van der Waals surface area contributed by atoms with E-state index in [1.54, 1.807) is 6.07 Å². The van der Waals surface area contributed by atoms with Gasteiger partial charge in [-0.25, -0.2) is 15.8 Å². The maximum Gasteiger partial charge on any atom is 0.411 e. The fourth-order valence-corrected chi connectivity index (χ4v) is 1.64. The summed E-state index contributed by atoms with van der Waals surface area (Å²) in [5.74, 6) is 6.64. The second-order valence-corrected chi connectivity index (χ2v) is 4.43. The van der Waals surface area contributed by atoms with E-state index in [2.05, 4.69) is 20.1 Å². The average Bonchev–Trinajstić information content (AvgIpc) is 3.17. The van der Waals surface area contributed by atoms with Crippen LogP contribution >= 0.6 is 0 Å². The summed E-state index contributed by atoms with van der Waals surface area (Å²) in [5.41, 5.74) is 3.32. The van der Waals surface area contributed by atoms with Gasteiger partial charge in [0, 0.05) is 24.1 Å². The Morgan fingerprint density at radius 3 is 2.68 bits per heavy atom. The molecule has 0 amide bonds. The standard InChI is InChI=1S/C11H15F3N4O/c12-11(13,14)6-19-4-3-9-16-8(7-1-2-7)5-10(17-9)18-15/h5,7H,1-4,6,15H2,(H,16,17,18). The summed E-state index contributed by atoms with van der Waals surface area (Å²) in [6.07, 6.45) is -1.93. The number of hydrogen-bond donors (Lipinski definition) is 2. The van der Waals surface area contributed by atoms with Gasteiger partial charge in [0.05, 0.1) is 6.61 Å². The van der Waals surface area contributed by atoms with Crippen LogP contribution in [0.5, 0.6) is 0 Å². The number of nitrogens with one attached hydrogen (secondary N) is 1. The molecule has 19 heavy (non-hydrogen) atoms. The number of aromatic nitrogens is 2. The molecule has 1 fully saturated rings. The lowest BCUT2D eigenvalue weighted by Gasteiger charge is -2.09. The zero-order valence-electron chi connectivity index (χ0n) is 10.2. The van der Waals surface area contributed by atoms with Gasteiger partial charge in [0.15, 0.2) is 0 Å². The fourth-order valence-electron chi connectivity index (χ4n) is 1.64. The zero-order chi connectivity index (χ0) is 13.9. The molecule has 0 radical (unpaired) electrons. The molecular formula is C11H15F3N4O. The average molecular weight is 276 g/mol. The summed E-state index contributed by atoms with van der Waals surface area (Å²) >= 11 is 0. The van der Waals surface area contributed by atoms with Gasteiger partial charge in [-0.3, -0.25) is 0 Å². The normalized spacial score (nSPS) is 15.6. The Morgan fingerprint density at radius 2 is 2.11 bits per heavy atom. The zero-order valence-corrected chi connectivity index (χ0v) is 10.2. The van der Waals surface area contributed by atoms with Crippen LogP contribution in [0.3, 0.4) is 0 Å². The summed E-state index contributed by atoms with van der Waals surface area (Å²) in [6, 6.07) is 1.76. The molecule has 0 atom stereocenters. The quantitative estimate of drug-likeness (QED) is 0.470. The highest BCUT2D eigenvalue weighted by atomic mass is 19.4. The van der Waals surface area contributed by atoms with E-state index in [4.69, 9.17) is 5.84 Å². The molecule has 1 aliphatic rings. The van der Waals surface area contributed by atoms with Crippen LogP contribution in [0.2, 0.25) is 0 Å². The summed E-state index contributed by atoms with van der Waals surface area (Å²) in [5, 5.41) is 0. The minimum absolute atomic E-state index is 0.0718. The van der Waals surface area contributed by atoms with E-state index >= 15 is 0 Å². The van der Waals surface area contributed by atoms with Gasteiger partial charge in [-0.2, -0.15) is 13.2 Å². The third kappa shape index (κ3) is 4.64. The first kappa shape index (κ1) is 14.0. The second-order valence-electron chi connectivity index (χ2n) is 4.43. The highest BCUT2D eigenvalue weighted by molar-refractivity contribution is 5.36. The molecule has 1 aromatic rings. The van der Waals surface area contributed by atoms with E-state index < -0.39 is 12.8 Å². The predicted octanol–water partition coefficient (Wildman–Crippen LogP) is 1.76. The summed E-state index contributed by atoms with van der Waals surface area (Å²) in [4.78, 5) is 8.40. The first-order chi connectivity index (χ1) is 8.98. The molecule has 0 unspecified atom stereocenters. The largest absolute Gasteiger partial charge is 0.411 e. The number of ether oxygens (including phenoxy) is 1. The number of nitrogen functional groups attached to an aromatic ring is 1. The Kier molecular flexibility index (Phi) is 4.20. The minimum Gasteiger partial charge on any atom is -0.372 e. The number of halogens is 3. The third-order valence-electron chi connectivity index (χ3n) is 2.67. The number of hydrazine groups is 1. The van der Waals surface area contributed by atoms with Crippen LogP contribution in [0.4, 0.5) is 19.0 Å². The number of nitrogens with two attached hydrogens (primary N) is 1. The molecule has 2 rings (SSSR count). The Morgan fingerprint density at radius 1 is 1.37 bits per heavy atom. The van der Waals surface area contributed by atoms with Crippen molar-refractivity contribution in [1.82, 2.24) is 9.97 Å². The first-order valence-corrected chi connectivity index (χ1v) is 5.97. The van der Waals surface area contributed by atoms with Crippen LogP contribution in [-0.2, 0) is 11.2 Å². The summed E-state index contributed by atoms with van der Waals surface area (Å²) in [7, 11) is 0. The third-order valence-corrected chi connectivity index (χ3v) is 2.67. The number of alkyl halides is 3. The molecule has 3 N–H and O–H groups in total. The summed E-state index contributed by atoms with van der Waals surface area (Å²) in [6.45, 7) is -1.32. The SMILES string of the molecule is NNc1cc(C2CC2)nc(CCOCC(F)(F)F)n1. The van der Waals surface area contributed by atoms with Crippen LogP contribution in [0.25, 0.3) is 0 Å². The topological polar surface area (TPSA) is 73.1 Å². The van der Waals surface area contributed by atoms with Crippen molar-refractivity contribution in [2.75, 3.05) is 18.6 Å². The maximum absolute atomic E-state index is 11.9. The Hall–Kier alpha value is -1.41. The molecule has 5 nitrogen and oxygen atoms in total. The molecular weight excluding hydrogens is 261 g/mol. The van der Waals surface area contributed by atoms with Crippen molar-refractivity contribution >= 4 is 5.82 Å². The molecule has 1 aromatic heterocycles. The predicted molar refractivity (Wildman–Crippen MR) is 62.4 cm³/mol. The molecule has 0 bridgehead atoms. The molecule has 0 saturated heterocycles. The van der Waals surface area contributed by atoms with E-state index in [-0.39, 0.29) is 13.0 Å². The van der Waals surface area contributed by atoms with Crippen LogP contribution < -0.4 is 11.3 Å². The molecule has 1 aliphatic carbocycles. The fraction of sp³-hybridized carbons (Fsp3) is 0.636. The van der Waals surface area contributed by atoms with Crippen molar-refractivity contribution in [2.45, 2.75) is 31.4 Å². The monoisotopic (exact) mass is 276 g/mol. The van der Waals surface area contributed by atoms with Gasteiger partial charge in [0.1, 0.15) is 18.2 Å². The van der Waals surface area contributed by atoms with Crippen molar-refractivity contribution in [3.05, 3.63) is 17.6 Å². The highest BCUT2D eigenvalue weighted by Crippen LogP contribution is 2.39. The number of rotatable bonds is 6. The Bertz CT molecular complexity index is 434. The van der Waals surface area contributed by atoms with E-state index in [9.17, 15) is 13.2 Å². The van der Waals surface area contributed by atoms with Gasteiger partial charge in [-0.15, -0.1) is 0 Å². The van der Waals surface area contributed by atoms with Gasteiger partial charge >= 0.3 is 6.18 Å². The van der Waals surface area contributed by atoms with Crippen molar-refractivity contribution in [3.8, 4) is 0 Å². The van der Waals surface area contributed by atoms with Gasteiger partial charge in [-0.1, -0.05) is 0 Å². The van der Waals surface area contributed by atoms with Crippen molar-refractivity contribution in [1.29, 1.82) is 0 Å². The molecule has 8 heteroatoms. The van der Waals surface area contributed by atoms with E-state index in [0.29, 0.717) is 17.6 Å². The molecule has 106 valence electrons. The highest BCUT2D eigenvalue weighted by Gasteiger charge is 2.28. The number of hydrogen-bond acceptors (Lipinski definition) is 5. The van der Waals surface area contributed by atoms with Crippen LogP contribution in [-0.4, -0.2) is 29.4 Å². The van der Waals surface area contributed by atoms with Crippen molar-refractivity contribution in [2.24, 2.45) is 5.84 Å². The second kappa shape index (κ2) is 5.70. The lowest BCUT2D eigenvalue weighted by molar-refractivity contribution is -0.173. The lowest BCUT2D eigenvalue weighted by Crippen LogP contribution is -2.18. The van der Waals surface area contributed by atoms with Crippen LogP contribution in [0, 0.1) is 0 Å². The molecule has 0 aromatic carbocycles. The van der Waals surface area contributed by atoms with Gasteiger partial charge in [0.2, 0.25) is 0 Å². The Balaban J connectivity index is 1.90. The number of nitrogens with zero attached hydrogens (tertiary/aromatic N) is 2. The Labute approximate surface area is 108 Å². The van der Waals surface area contributed by atoms with Gasteiger partial charge in [-0.05, 0) is 12.8 Å². The van der Waals surface area contributed by atoms with Crippen LogP contribution in [0.15, 0.2) is 6.07 Å². The summed E-state index contributed by atoms with van der Waals surface area (Å²) < 4.78 is 40.2. The first-order valence-electron chi connectivity index (χ1n) is 5.97. The van der Waals surface area contributed by atoms with E-state index in [1.165, 1.54) is 0 Å². The van der Waals surface area contributed by atoms with Crippen molar-refractivity contribution in [3.63, 3.8) is 0 Å². The van der Waals surface area contributed by atoms with Crippen LogP contribution in [0.1, 0.15) is 30.3 Å². The smallest absolute Gasteiger partial charge is 0.372 e. The molecule has 0 spiro atoms. The van der Waals surface area contributed by atoms with Crippen molar-refractivity contribution < 1.29 is 17.9 Å². The molecule has 1 heterocycles. The lowest BCUT2D eigenvalue weighted by atomic mass is 10.2. The van der Waals surface area contributed by atoms with Gasteiger partial charge < -0.3 is 10.2 Å². The van der Waals surface area contributed by atoms with Gasteiger partial charge in [0.25, 0.3) is 0 Å². The maximum atomic E-state index is 11.9. The molecule has 1 saturated carbocycles. The number of anilines is 1.